The molecule has 96 valence electrons. The van der Waals surface area contributed by atoms with E-state index in [4.69, 9.17) is 5.73 Å². The molecule has 0 amide bonds. The SMILES string of the molecule is CCc1ncnc(NCCCCCCN)c1F. The summed E-state index contributed by atoms with van der Waals surface area (Å²) >= 11 is 0. The molecule has 0 spiro atoms. The molecule has 0 aromatic carbocycles. The lowest BCUT2D eigenvalue weighted by atomic mass is 10.2. The Hall–Kier alpha value is -1.23. The van der Waals surface area contributed by atoms with E-state index in [0.29, 0.717) is 17.9 Å². The number of rotatable bonds is 8. The van der Waals surface area contributed by atoms with Gasteiger partial charge in [0, 0.05) is 6.54 Å². The second-order valence-electron chi connectivity index (χ2n) is 3.97. The summed E-state index contributed by atoms with van der Waals surface area (Å²) < 4.78 is 13.7. The lowest BCUT2D eigenvalue weighted by molar-refractivity contribution is 0.594. The van der Waals surface area contributed by atoms with Crippen LogP contribution in [0, 0.1) is 5.82 Å². The highest BCUT2D eigenvalue weighted by Gasteiger charge is 2.08. The molecular formula is C12H21FN4. The number of halogens is 1. The Kier molecular flexibility index (Phi) is 6.47. The third-order valence-electron chi connectivity index (χ3n) is 2.62. The van der Waals surface area contributed by atoms with E-state index < -0.39 is 0 Å². The number of anilines is 1. The van der Waals surface area contributed by atoms with Gasteiger partial charge in [-0.3, -0.25) is 0 Å². The Morgan fingerprint density at radius 1 is 1.24 bits per heavy atom. The summed E-state index contributed by atoms with van der Waals surface area (Å²) in [7, 11) is 0. The first-order valence-corrected chi connectivity index (χ1v) is 6.23. The van der Waals surface area contributed by atoms with Gasteiger partial charge in [-0.1, -0.05) is 19.8 Å². The number of aromatic nitrogens is 2. The van der Waals surface area contributed by atoms with Gasteiger partial charge < -0.3 is 11.1 Å². The summed E-state index contributed by atoms with van der Waals surface area (Å²) in [5.74, 6) is -0.00682. The van der Waals surface area contributed by atoms with Crippen molar-refractivity contribution in [3.05, 3.63) is 17.8 Å². The van der Waals surface area contributed by atoms with Crippen LogP contribution in [0.25, 0.3) is 0 Å². The maximum Gasteiger partial charge on any atom is 0.186 e. The van der Waals surface area contributed by atoms with E-state index in [1.807, 2.05) is 6.92 Å². The highest BCUT2D eigenvalue weighted by Crippen LogP contribution is 2.13. The number of nitrogens with two attached hydrogens (primary N) is 1. The van der Waals surface area contributed by atoms with E-state index in [1.165, 1.54) is 6.33 Å². The number of aryl methyl sites for hydroxylation is 1. The fourth-order valence-electron chi connectivity index (χ4n) is 1.61. The van der Waals surface area contributed by atoms with Crippen LogP contribution < -0.4 is 11.1 Å². The van der Waals surface area contributed by atoms with Crippen molar-refractivity contribution >= 4 is 5.82 Å². The average Bonchev–Trinajstić information content (AvgIpc) is 2.35. The van der Waals surface area contributed by atoms with Crippen LogP contribution in [0.5, 0.6) is 0 Å². The molecule has 3 N–H and O–H groups in total. The molecule has 1 heterocycles. The van der Waals surface area contributed by atoms with E-state index >= 15 is 0 Å². The van der Waals surface area contributed by atoms with Gasteiger partial charge in [-0.05, 0) is 25.8 Å². The molecule has 4 nitrogen and oxygen atoms in total. The summed E-state index contributed by atoms with van der Waals surface area (Å²) in [6.07, 6.45) is 6.28. The predicted molar refractivity (Wildman–Crippen MR) is 67.4 cm³/mol. The Morgan fingerprint density at radius 3 is 2.71 bits per heavy atom. The molecule has 0 aliphatic heterocycles. The second kappa shape index (κ2) is 7.95. The molecule has 0 aliphatic rings. The van der Waals surface area contributed by atoms with Crippen LogP contribution in [0.15, 0.2) is 6.33 Å². The van der Waals surface area contributed by atoms with E-state index in [1.54, 1.807) is 0 Å². The smallest absolute Gasteiger partial charge is 0.186 e. The summed E-state index contributed by atoms with van der Waals surface area (Å²) in [6, 6.07) is 0. The number of hydrogen-bond acceptors (Lipinski definition) is 4. The van der Waals surface area contributed by atoms with Crippen molar-refractivity contribution in [1.82, 2.24) is 9.97 Å². The van der Waals surface area contributed by atoms with Gasteiger partial charge in [0.2, 0.25) is 0 Å². The van der Waals surface area contributed by atoms with Crippen LogP contribution in [-0.4, -0.2) is 23.1 Å². The first kappa shape index (κ1) is 13.8. The Bertz CT molecular complexity index is 330. The molecule has 0 atom stereocenters. The molecule has 0 fully saturated rings. The first-order valence-electron chi connectivity index (χ1n) is 6.23. The van der Waals surface area contributed by atoms with Crippen LogP contribution in [0.1, 0.15) is 38.3 Å². The Balaban J connectivity index is 2.31. The summed E-state index contributed by atoms with van der Waals surface area (Å²) in [5, 5.41) is 3.01. The van der Waals surface area contributed by atoms with Crippen LogP contribution in [-0.2, 0) is 6.42 Å². The molecule has 0 aliphatic carbocycles. The molecule has 1 aromatic heterocycles. The molecule has 0 radical (unpaired) electrons. The molecule has 0 saturated heterocycles. The zero-order valence-electron chi connectivity index (χ0n) is 10.4. The number of nitrogens with zero attached hydrogens (tertiary/aromatic N) is 2. The number of nitrogens with one attached hydrogen (secondary N) is 1. The monoisotopic (exact) mass is 240 g/mol. The van der Waals surface area contributed by atoms with E-state index in [2.05, 4.69) is 15.3 Å². The maximum atomic E-state index is 13.7. The normalized spacial score (nSPS) is 10.5. The maximum absolute atomic E-state index is 13.7. The molecule has 1 rings (SSSR count). The summed E-state index contributed by atoms with van der Waals surface area (Å²) in [5.41, 5.74) is 5.87. The molecule has 17 heavy (non-hydrogen) atoms. The van der Waals surface area contributed by atoms with Gasteiger partial charge in [0.05, 0.1) is 5.69 Å². The fourth-order valence-corrected chi connectivity index (χ4v) is 1.61. The van der Waals surface area contributed by atoms with Gasteiger partial charge in [0.25, 0.3) is 0 Å². The number of unbranched alkanes of at least 4 members (excludes halogenated alkanes) is 3. The van der Waals surface area contributed by atoms with Crippen LogP contribution in [0.4, 0.5) is 10.2 Å². The Labute approximate surface area is 102 Å². The van der Waals surface area contributed by atoms with Crippen LogP contribution in [0.3, 0.4) is 0 Å². The molecule has 5 heteroatoms. The van der Waals surface area contributed by atoms with Gasteiger partial charge in [0.1, 0.15) is 6.33 Å². The third-order valence-corrected chi connectivity index (χ3v) is 2.62. The van der Waals surface area contributed by atoms with Crippen molar-refractivity contribution in [1.29, 1.82) is 0 Å². The highest BCUT2D eigenvalue weighted by molar-refractivity contribution is 5.36. The molecule has 0 unspecified atom stereocenters. The van der Waals surface area contributed by atoms with Crippen molar-refractivity contribution in [3.63, 3.8) is 0 Å². The standard InChI is InChI=1S/C12H21FN4/c1-2-10-11(13)12(17-9-16-10)15-8-6-4-3-5-7-14/h9H,2-8,14H2,1H3,(H,15,16,17). The third kappa shape index (κ3) is 4.65. The van der Waals surface area contributed by atoms with Crippen molar-refractivity contribution in [2.45, 2.75) is 39.0 Å². The van der Waals surface area contributed by atoms with E-state index in [-0.39, 0.29) is 5.82 Å². The Morgan fingerprint density at radius 2 is 2.00 bits per heavy atom. The van der Waals surface area contributed by atoms with Crippen molar-refractivity contribution in [3.8, 4) is 0 Å². The van der Waals surface area contributed by atoms with Gasteiger partial charge in [-0.2, -0.15) is 0 Å². The predicted octanol–water partition coefficient (Wildman–Crippen LogP) is 2.11. The van der Waals surface area contributed by atoms with Gasteiger partial charge in [-0.25, -0.2) is 14.4 Å². The molecular weight excluding hydrogens is 219 g/mol. The van der Waals surface area contributed by atoms with Crippen molar-refractivity contribution in [2.24, 2.45) is 5.73 Å². The fraction of sp³-hybridized carbons (Fsp3) is 0.667. The van der Waals surface area contributed by atoms with E-state index in [9.17, 15) is 4.39 Å². The average molecular weight is 240 g/mol. The highest BCUT2D eigenvalue weighted by atomic mass is 19.1. The summed E-state index contributed by atoms with van der Waals surface area (Å²) in [4.78, 5) is 7.79. The van der Waals surface area contributed by atoms with Gasteiger partial charge in [-0.15, -0.1) is 0 Å². The van der Waals surface area contributed by atoms with Crippen molar-refractivity contribution < 1.29 is 4.39 Å². The van der Waals surface area contributed by atoms with Crippen LogP contribution in [0.2, 0.25) is 0 Å². The van der Waals surface area contributed by atoms with Crippen molar-refractivity contribution in [2.75, 3.05) is 18.4 Å². The lowest BCUT2D eigenvalue weighted by Gasteiger charge is -2.07. The zero-order valence-corrected chi connectivity index (χ0v) is 10.4. The van der Waals surface area contributed by atoms with Gasteiger partial charge >= 0.3 is 0 Å². The van der Waals surface area contributed by atoms with Crippen LogP contribution >= 0.6 is 0 Å². The zero-order chi connectivity index (χ0) is 12.5. The molecule has 1 aromatic rings. The molecule has 0 saturated carbocycles. The summed E-state index contributed by atoms with van der Waals surface area (Å²) in [6.45, 7) is 3.36. The molecule has 0 bridgehead atoms. The minimum Gasteiger partial charge on any atom is -0.368 e. The first-order chi connectivity index (χ1) is 8.29. The minimum absolute atomic E-state index is 0.315. The lowest BCUT2D eigenvalue weighted by Crippen LogP contribution is -2.08. The second-order valence-corrected chi connectivity index (χ2v) is 3.97. The van der Waals surface area contributed by atoms with E-state index in [0.717, 1.165) is 38.8 Å². The largest absolute Gasteiger partial charge is 0.368 e. The topological polar surface area (TPSA) is 63.8 Å². The minimum atomic E-state index is -0.322. The van der Waals surface area contributed by atoms with Gasteiger partial charge in [0.15, 0.2) is 11.6 Å². The quantitative estimate of drug-likeness (QED) is 0.683. The number of hydrogen-bond donors (Lipinski definition) is 2.